The molecule has 13 heteroatoms. The molecule has 1 aliphatic heterocycles. The molecule has 0 radical (unpaired) electrons. The molecule has 1 aromatic heterocycles. The number of rotatable bonds is 14. The Kier molecular flexibility index (Phi) is 11.4. The Morgan fingerprint density at radius 2 is 1.95 bits per heavy atom. The first-order chi connectivity index (χ1) is 19.1. The molecule has 13 nitrogen and oxygen atoms in total. The average molecular weight is 558 g/mol. The number of tetrazole rings is 1. The van der Waals surface area contributed by atoms with Gasteiger partial charge < -0.3 is 26.0 Å². The maximum Gasteiger partial charge on any atom is 0.407 e. The van der Waals surface area contributed by atoms with Gasteiger partial charge in [-0.2, -0.15) is 5.21 Å². The SMILES string of the molecule is CC[C@H](C)[C@H](CNCC(=O)N1c2ccccc2C[C@H]1C(=O)NCc1nn[nH]n1)NCCCNC(=O)OC(C)(C)C. The minimum absolute atomic E-state index is 0.0950. The number of alkyl carbamates (subject to hydrolysis) is 1. The van der Waals surface area contributed by atoms with Crippen LogP contribution in [0.4, 0.5) is 10.5 Å². The molecule has 0 saturated heterocycles. The molecule has 1 aliphatic rings. The van der Waals surface area contributed by atoms with Gasteiger partial charge in [0.1, 0.15) is 11.6 Å². The Morgan fingerprint density at radius 3 is 2.65 bits per heavy atom. The van der Waals surface area contributed by atoms with E-state index in [-0.39, 0.29) is 30.9 Å². The molecule has 3 atom stereocenters. The highest BCUT2D eigenvalue weighted by Gasteiger charge is 2.38. The summed E-state index contributed by atoms with van der Waals surface area (Å²) in [6.07, 6.45) is 1.74. The fraction of sp³-hybridized carbons (Fsp3) is 0.630. The van der Waals surface area contributed by atoms with Crippen LogP contribution in [0.3, 0.4) is 0 Å². The number of para-hydroxylation sites is 1. The highest BCUT2D eigenvalue weighted by Crippen LogP contribution is 2.32. The lowest BCUT2D eigenvalue weighted by atomic mass is 9.99. The van der Waals surface area contributed by atoms with Gasteiger partial charge in [-0.05, 0) is 51.3 Å². The molecule has 0 bridgehead atoms. The third-order valence-corrected chi connectivity index (χ3v) is 6.76. The smallest absolute Gasteiger partial charge is 0.407 e. The van der Waals surface area contributed by atoms with Gasteiger partial charge in [0.2, 0.25) is 11.8 Å². The zero-order valence-corrected chi connectivity index (χ0v) is 24.1. The Morgan fingerprint density at radius 1 is 1.18 bits per heavy atom. The van der Waals surface area contributed by atoms with Crippen molar-refractivity contribution < 1.29 is 19.1 Å². The molecule has 0 aliphatic carbocycles. The van der Waals surface area contributed by atoms with Crippen molar-refractivity contribution in [2.75, 3.05) is 31.1 Å². The molecule has 40 heavy (non-hydrogen) atoms. The topological polar surface area (TPSA) is 166 Å². The highest BCUT2D eigenvalue weighted by molar-refractivity contribution is 6.04. The van der Waals surface area contributed by atoms with Crippen molar-refractivity contribution in [2.45, 2.75) is 78.1 Å². The molecule has 3 rings (SSSR count). The number of H-pyrrole nitrogens is 1. The molecule has 5 N–H and O–H groups in total. The number of aromatic amines is 1. The van der Waals surface area contributed by atoms with E-state index >= 15 is 0 Å². The number of fused-ring (bicyclic) bond motifs is 1. The normalized spacial score (nSPS) is 16.2. The fourth-order valence-electron chi connectivity index (χ4n) is 4.50. The molecule has 0 fully saturated rings. The van der Waals surface area contributed by atoms with Crippen LogP contribution in [0.1, 0.15) is 58.8 Å². The number of carbonyl (C=O) groups is 3. The maximum atomic E-state index is 13.4. The summed E-state index contributed by atoms with van der Waals surface area (Å²) in [4.78, 5) is 39.9. The summed E-state index contributed by atoms with van der Waals surface area (Å²) in [6.45, 7) is 11.8. The van der Waals surface area contributed by atoms with Crippen LogP contribution in [0.5, 0.6) is 0 Å². The monoisotopic (exact) mass is 557 g/mol. The number of nitrogens with one attached hydrogen (secondary N) is 5. The summed E-state index contributed by atoms with van der Waals surface area (Å²) in [5.41, 5.74) is 1.18. The maximum absolute atomic E-state index is 13.4. The molecule has 1 aromatic carbocycles. The third kappa shape index (κ3) is 9.26. The summed E-state index contributed by atoms with van der Waals surface area (Å²) in [7, 11) is 0. The van der Waals surface area contributed by atoms with Crippen LogP contribution in [-0.2, 0) is 27.3 Å². The molecular formula is C27H43N9O4. The quantitative estimate of drug-likeness (QED) is 0.215. The summed E-state index contributed by atoms with van der Waals surface area (Å²) < 4.78 is 5.26. The lowest BCUT2D eigenvalue weighted by Gasteiger charge is -2.27. The lowest BCUT2D eigenvalue weighted by Crippen LogP contribution is -2.51. The average Bonchev–Trinajstić information content (AvgIpc) is 3.57. The predicted molar refractivity (Wildman–Crippen MR) is 150 cm³/mol. The zero-order chi connectivity index (χ0) is 29.1. The second-order valence-corrected chi connectivity index (χ2v) is 11.0. The number of nitrogens with zero attached hydrogens (tertiary/aromatic N) is 4. The number of benzene rings is 1. The lowest BCUT2D eigenvalue weighted by molar-refractivity contribution is -0.126. The first-order valence-electron chi connectivity index (χ1n) is 13.9. The standard InChI is InChI=1S/C27H43N9O4/c1-6-18(2)20(29-12-9-13-30-26(39)40-27(3,4)5)15-28-17-24(37)36-21-11-8-7-10-19(21)14-22(36)25(38)31-16-23-32-34-35-33-23/h7-8,10-11,18,20,22,28-29H,6,9,12-17H2,1-5H3,(H,30,39)(H,31,38)(H,32,33,34,35)/t18-,20-,22-/m0/s1. The van der Waals surface area contributed by atoms with Crippen molar-refractivity contribution in [2.24, 2.45) is 5.92 Å². The van der Waals surface area contributed by atoms with Crippen LogP contribution in [0.2, 0.25) is 0 Å². The Balaban J connectivity index is 1.50. The van der Waals surface area contributed by atoms with Crippen molar-refractivity contribution >= 4 is 23.6 Å². The van der Waals surface area contributed by atoms with Gasteiger partial charge in [-0.15, -0.1) is 10.2 Å². The molecule has 0 unspecified atom stereocenters. The highest BCUT2D eigenvalue weighted by atomic mass is 16.6. The molecule has 0 spiro atoms. The van der Waals surface area contributed by atoms with Gasteiger partial charge in [0.05, 0.1) is 13.1 Å². The predicted octanol–water partition coefficient (Wildman–Crippen LogP) is 1.28. The minimum Gasteiger partial charge on any atom is -0.444 e. The molecule has 0 saturated carbocycles. The zero-order valence-electron chi connectivity index (χ0n) is 24.1. The van der Waals surface area contributed by atoms with Gasteiger partial charge in [0.25, 0.3) is 0 Å². The van der Waals surface area contributed by atoms with Crippen molar-refractivity contribution in [1.29, 1.82) is 0 Å². The van der Waals surface area contributed by atoms with E-state index in [4.69, 9.17) is 4.74 Å². The van der Waals surface area contributed by atoms with Crippen LogP contribution >= 0.6 is 0 Å². The van der Waals surface area contributed by atoms with E-state index in [1.807, 2.05) is 45.0 Å². The first kappa shape index (κ1) is 31.0. The Labute approximate surface area is 235 Å². The van der Waals surface area contributed by atoms with E-state index in [0.717, 1.165) is 24.1 Å². The van der Waals surface area contributed by atoms with Gasteiger partial charge in [-0.25, -0.2) is 4.79 Å². The van der Waals surface area contributed by atoms with E-state index in [1.54, 1.807) is 4.90 Å². The van der Waals surface area contributed by atoms with E-state index in [0.29, 0.717) is 37.8 Å². The van der Waals surface area contributed by atoms with E-state index in [9.17, 15) is 14.4 Å². The van der Waals surface area contributed by atoms with Crippen molar-refractivity contribution in [1.82, 2.24) is 41.9 Å². The van der Waals surface area contributed by atoms with Crippen molar-refractivity contribution in [3.8, 4) is 0 Å². The van der Waals surface area contributed by atoms with Crippen LogP contribution in [0.15, 0.2) is 24.3 Å². The first-order valence-corrected chi connectivity index (χ1v) is 13.9. The third-order valence-electron chi connectivity index (χ3n) is 6.76. The van der Waals surface area contributed by atoms with Crippen LogP contribution in [0, 0.1) is 5.92 Å². The number of amides is 3. The number of ether oxygens (including phenoxy) is 1. The summed E-state index contributed by atoms with van der Waals surface area (Å²) in [5.74, 6) is 0.299. The largest absolute Gasteiger partial charge is 0.444 e. The molecule has 2 aromatic rings. The molecule has 2 heterocycles. The second-order valence-electron chi connectivity index (χ2n) is 11.0. The van der Waals surface area contributed by atoms with E-state index < -0.39 is 17.7 Å². The Bertz CT molecular complexity index is 1100. The second kappa shape index (κ2) is 14.7. The van der Waals surface area contributed by atoms with Crippen LogP contribution in [0.25, 0.3) is 0 Å². The number of aromatic nitrogens is 4. The van der Waals surface area contributed by atoms with Crippen LogP contribution < -0.4 is 26.2 Å². The van der Waals surface area contributed by atoms with E-state index in [1.165, 1.54) is 0 Å². The summed E-state index contributed by atoms with van der Waals surface area (Å²) >= 11 is 0. The van der Waals surface area contributed by atoms with Gasteiger partial charge in [0.15, 0.2) is 5.82 Å². The minimum atomic E-state index is -0.653. The number of hydrogen-bond acceptors (Lipinski definition) is 9. The van der Waals surface area contributed by atoms with Gasteiger partial charge in [0, 0.05) is 31.2 Å². The Hall–Kier alpha value is -3.58. The number of anilines is 1. The van der Waals surface area contributed by atoms with E-state index in [2.05, 4.69) is 55.7 Å². The van der Waals surface area contributed by atoms with Crippen molar-refractivity contribution in [3.63, 3.8) is 0 Å². The van der Waals surface area contributed by atoms with Gasteiger partial charge >= 0.3 is 6.09 Å². The van der Waals surface area contributed by atoms with Crippen LogP contribution in [-0.4, -0.2) is 82.4 Å². The van der Waals surface area contributed by atoms with Crippen molar-refractivity contribution in [3.05, 3.63) is 35.7 Å². The molecule has 220 valence electrons. The molecular weight excluding hydrogens is 514 g/mol. The number of hydrogen-bond donors (Lipinski definition) is 5. The summed E-state index contributed by atoms with van der Waals surface area (Å²) in [6, 6.07) is 7.07. The number of carbonyl (C=O) groups excluding carboxylic acids is 3. The fourth-order valence-corrected chi connectivity index (χ4v) is 4.50. The van der Waals surface area contributed by atoms with Gasteiger partial charge in [-0.1, -0.05) is 43.7 Å². The molecule has 3 amide bonds. The summed E-state index contributed by atoms with van der Waals surface area (Å²) in [5, 5.41) is 26.0. The van der Waals surface area contributed by atoms with Gasteiger partial charge in [-0.3, -0.25) is 14.5 Å².